The average Bonchev–Trinajstić information content (AvgIpc) is 2.75. The van der Waals surface area contributed by atoms with Crippen molar-refractivity contribution >= 4 is 0 Å². The molecular weight excluding hydrogens is 260 g/mol. The Bertz CT molecular complexity index is 511. The largest absolute Gasteiger partial charge is 0.344 e. The molecule has 2 heteroatoms. The summed E-state index contributed by atoms with van der Waals surface area (Å²) in [7, 11) is 0. The molecule has 2 atom stereocenters. The van der Waals surface area contributed by atoms with Gasteiger partial charge in [-0.05, 0) is 25.0 Å². The average molecular weight is 282 g/mol. The van der Waals surface area contributed by atoms with Crippen LogP contribution < -0.4 is 0 Å². The Kier molecular flexibility index (Phi) is 4.09. The minimum Gasteiger partial charge on any atom is -0.344 e. The summed E-state index contributed by atoms with van der Waals surface area (Å²) in [6, 6.07) is 21.0. The Morgan fingerprint density at radius 3 is 1.48 bits per heavy atom. The van der Waals surface area contributed by atoms with Crippen molar-refractivity contribution in [2.24, 2.45) is 0 Å². The van der Waals surface area contributed by atoms with Crippen LogP contribution in [0.3, 0.4) is 0 Å². The third-order valence-corrected chi connectivity index (χ3v) is 3.84. The number of hydrogen-bond acceptors (Lipinski definition) is 2. The molecular formula is C19H22O2. The van der Waals surface area contributed by atoms with Gasteiger partial charge in [-0.15, -0.1) is 0 Å². The van der Waals surface area contributed by atoms with Crippen LogP contribution in [-0.2, 0) is 22.3 Å². The van der Waals surface area contributed by atoms with Gasteiger partial charge in [0.25, 0.3) is 0 Å². The third-order valence-electron chi connectivity index (χ3n) is 3.84. The molecule has 0 amide bonds. The lowest BCUT2D eigenvalue weighted by Gasteiger charge is -2.17. The Labute approximate surface area is 126 Å². The molecule has 1 aliphatic heterocycles. The van der Waals surface area contributed by atoms with E-state index < -0.39 is 5.79 Å². The summed E-state index contributed by atoms with van der Waals surface area (Å²) in [5, 5.41) is 0. The number of benzene rings is 2. The van der Waals surface area contributed by atoms with Crippen LogP contribution in [0.25, 0.3) is 0 Å². The molecule has 110 valence electrons. The highest BCUT2D eigenvalue weighted by Gasteiger charge is 2.40. The molecule has 2 aromatic rings. The van der Waals surface area contributed by atoms with E-state index in [0.717, 1.165) is 12.8 Å². The second-order valence-electron chi connectivity index (χ2n) is 6.09. The third kappa shape index (κ3) is 3.72. The highest BCUT2D eigenvalue weighted by molar-refractivity contribution is 5.19. The molecule has 1 aliphatic rings. The van der Waals surface area contributed by atoms with E-state index >= 15 is 0 Å². The van der Waals surface area contributed by atoms with Crippen LogP contribution in [0, 0.1) is 0 Å². The zero-order valence-electron chi connectivity index (χ0n) is 12.7. The van der Waals surface area contributed by atoms with Gasteiger partial charge in [0, 0.05) is 12.8 Å². The van der Waals surface area contributed by atoms with Crippen LogP contribution in [0.2, 0.25) is 0 Å². The highest BCUT2D eigenvalue weighted by atomic mass is 16.7. The molecule has 3 rings (SSSR count). The zero-order valence-corrected chi connectivity index (χ0v) is 12.7. The first-order chi connectivity index (χ1) is 10.1. The summed E-state index contributed by atoms with van der Waals surface area (Å²) in [5.41, 5.74) is 2.59. The van der Waals surface area contributed by atoms with E-state index in [2.05, 4.69) is 48.5 Å². The minimum atomic E-state index is -0.501. The van der Waals surface area contributed by atoms with E-state index in [9.17, 15) is 0 Å². The number of hydrogen-bond donors (Lipinski definition) is 0. The fourth-order valence-electron chi connectivity index (χ4n) is 2.95. The first-order valence-electron chi connectivity index (χ1n) is 7.56. The molecule has 0 spiro atoms. The van der Waals surface area contributed by atoms with E-state index in [4.69, 9.17) is 9.47 Å². The van der Waals surface area contributed by atoms with Gasteiger partial charge < -0.3 is 9.47 Å². The standard InChI is InChI=1S/C19H22O2/c1-19(2)20-17(13-15-9-5-3-6-10-15)18(21-19)14-16-11-7-4-8-12-16/h3-12,17-18H,13-14H2,1-2H3/t17-,18-/m1/s1. The predicted octanol–water partition coefficient (Wildman–Crippen LogP) is 3.99. The fraction of sp³-hybridized carbons (Fsp3) is 0.368. The zero-order chi connectivity index (χ0) is 14.7. The van der Waals surface area contributed by atoms with Crippen molar-refractivity contribution in [2.45, 2.75) is 44.7 Å². The molecule has 0 saturated carbocycles. The summed E-state index contributed by atoms with van der Waals surface area (Å²) in [5.74, 6) is -0.501. The Morgan fingerprint density at radius 2 is 1.10 bits per heavy atom. The maximum atomic E-state index is 6.12. The molecule has 1 saturated heterocycles. The van der Waals surface area contributed by atoms with Crippen LogP contribution in [0.4, 0.5) is 0 Å². The van der Waals surface area contributed by atoms with Crippen LogP contribution in [0.5, 0.6) is 0 Å². The quantitative estimate of drug-likeness (QED) is 0.844. The number of rotatable bonds is 4. The van der Waals surface area contributed by atoms with Crippen molar-refractivity contribution < 1.29 is 9.47 Å². The van der Waals surface area contributed by atoms with Gasteiger partial charge in [0.15, 0.2) is 5.79 Å². The lowest BCUT2D eigenvalue weighted by molar-refractivity contribution is -0.146. The van der Waals surface area contributed by atoms with Gasteiger partial charge in [0.05, 0.1) is 12.2 Å². The van der Waals surface area contributed by atoms with Crippen molar-refractivity contribution in [3.05, 3.63) is 71.8 Å². The van der Waals surface area contributed by atoms with Crippen LogP contribution in [0.15, 0.2) is 60.7 Å². The molecule has 0 N–H and O–H groups in total. The van der Waals surface area contributed by atoms with E-state index in [1.807, 2.05) is 26.0 Å². The normalized spacial score (nSPS) is 24.1. The molecule has 1 heterocycles. The fourth-order valence-corrected chi connectivity index (χ4v) is 2.95. The van der Waals surface area contributed by atoms with Gasteiger partial charge in [-0.1, -0.05) is 60.7 Å². The molecule has 0 aromatic heterocycles. The van der Waals surface area contributed by atoms with Gasteiger partial charge >= 0.3 is 0 Å². The van der Waals surface area contributed by atoms with Gasteiger partial charge in [-0.2, -0.15) is 0 Å². The monoisotopic (exact) mass is 282 g/mol. The molecule has 0 aliphatic carbocycles. The van der Waals surface area contributed by atoms with E-state index in [1.165, 1.54) is 11.1 Å². The van der Waals surface area contributed by atoms with Crippen molar-refractivity contribution in [2.75, 3.05) is 0 Å². The van der Waals surface area contributed by atoms with E-state index in [0.29, 0.717) is 0 Å². The minimum absolute atomic E-state index is 0.0996. The maximum Gasteiger partial charge on any atom is 0.163 e. The first-order valence-corrected chi connectivity index (χ1v) is 7.56. The molecule has 2 aromatic carbocycles. The van der Waals surface area contributed by atoms with E-state index in [-0.39, 0.29) is 12.2 Å². The van der Waals surface area contributed by atoms with Crippen molar-refractivity contribution in [3.8, 4) is 0 Å². The summed E-state index contributed by atoms with van der Waals surface area (Å²) < 4.78 is 12.2. The van der Waals surface area contributed by atoms with E-state index in [1.54, 1.807) is 0 Å². The highest BCUT2D eigenvalue weighted by Crippen LogP contribution is 2.32. The second-order valence-corrected chi connectivity index (χ2v) is 6.09. The lowest BCUT2D eigenvalue weighted by atomic mass is 9.99. The second kappa shape index (κ2) is 6.00. The van der Waals surface area contributed by atoms with Gasteiger partial charge in [-0.3, -0.25) is 0 Å². The molecule has 0 bridgehead atoms. The van der Waals surface area contributed by atoms with Gasteiger partial charge in [0.2, 0.25) is 0 Å². The SMILES string of the molecule is CC1(C)O[C@H](Cc2ccccc2)[C@@H](Cc2ccccc2)O1. The molecule has 0 unspecified atom stereocenters. The van der Waals surface area contributed by atoms with Gasteiger partial charge in [0.1, 0.15) is 0 Å². The van der Waals surface area contributed by atoms with Crippen LogP contribution in [-0.4, -0.2) is 18.0 Å². The maximum absolute atomic E-state index is 6.12. The Balaban J connectivity index is 1.73. The topological polar surface area (TPSA) is 18.5 Å². The molecule has 2 nitrogen and oxygen atoms in total. The lowest BCUT2D eigenvalue weighted by Crippen LogP contribution is -2.27. The Hall–Kier alpha value is -1.64. The van der Waals surface area contributed by atoms with Crippen molar-refractivity contribution in [3.63, 3.8) is 0 Å². The molecule has 1 fully saturated rings. The Morgan fingerprint density at radius 1 is 0.714 bits per heavy atom. The number of ether oxygens (including phenoxy) is 2. The summed E-state index contributed by atoms with van der Waals surface area (Å²) in [4.78, 5) is 0. The van der Waals surface area contributed by atoms with Crippen molar-refractivity contribution in [1.82, 2.24) is 0 Å². The summed E-state index contributed by atoms with van der Waals surface area (Å²) in [6.07, 6.45) is 1.98. The van der Waals surface area contributed by atoms with Crippen molar-refractivity contribution in [1.29, 1.82) is 0 Å². The molecule has 0 radical (unpaired) electrons. The summed E-state index contributed by atoms with van der Waals surface area (Å²) in [6.45, 7) is 3.99. The van der Waals surface area contributed by atoms with Gasteiger partial charge in [-0.25, -0.2) is 0 Å². The van der Waals surface area contributed by atoms with Crippen LogP contribution >= 0.6 is 0 Å². The summed E-state index contributed by atoms with van der Waals surface area (Å²) >= 11 is 0. The first kappa shape index (κ1) is 14.3. The molecule has 21 heavy (non-hydrogen) atoms. The predicted molar refractivity (Wildman–Crippen MR) is 84.1 cm³/mol. The van der Waals surface area contributed by atoms with Crippen LogP contribution in [0.1, 0.15) is 25.0 Å². The smallest absolute Gasteiger partial charge is 0.163 e.